The zero-order chi connectivity index (χ0) is 42.9. The lowest BCUT2D eigenvalue weighted by molar-refractivity contribution is -0.152. The van der Waals surface area contributed by atoms with Crippen LogP contribution in [0.3, 0.4) is 0 Å². The third kappa shape index (κ3) is 20.4. The molecule has 366 valence electrons. The molecule has 0 saturated carbocycles. The molecule has 2 aromatic carbocycles. The molecule has 2 amide bonds. The smallest absolute Gasteiger partial charge is 0.323 e. The maximum absolute atomic E-state index is 12.4. The molecule has 2 aromatic rings. The molecule has 20 heteroatoms. The Bertz CT molecular complexity index is 1700. The molecule has 3 aliphatic rings. The summed E-state index contributed by atoms with van der Waals surface area (Å²) in [5.74, 6) is -1.83. The third-order valence-electron chi connectivity index (χ3n) is 10.8. The molecule has 6 atom stereocenters. The Balaban J connectivity index is -0.000000410. The molecule has 3 saturated heterocycles. The van der Waals surface area contributed by atoms with E-state index in [1.54, 1.807) is 4.90 Å². The first-order valence-electron chi connectivity index (χ1n) is 20.5. The lowest BCUT2D eigenvalue weighted by atomic mass is 10.0. The first-order chi connectivity index (χ1) is 27.6. The van der Waals surface area contributed by atoms with E-state index in [2.05, 4.69) is 6.07 Å². The molecule has 0 spiro atoms. The van der Waals surface area contributed by atoms with Crippen molar-refractivity contribution in [2.75, 3.05) is 19.6 Å². The summed E-state index contributed by atoms with van der Waals surface area (Å²) in [6.45, 7) is 14.4. The van der Waals surface area contributed by atoms with Gasteiger partial charge in [-0.3, -0.25) is 38.7 Å². The number of nitrogens with zero attached hydrogens (tertiary/aromatic N) is 4. The number of aliphatic carboxylic acids is 1. The van der Waals surface area contributed by atoms with Gasteiger partial charge in [0, 0.05) is 6.54 Å². The van der Waals surface area contributed by atoms with Crippen LogP contribution in [0.25, 0.3) is 0 Å². The number of likely N-dealkylation sites (tertiary alicyclic amines) is 3. The second-order valence-electron chi connectivity index (χ2n) is 16.2. The maximum atomic E-state index is 12.4. The van der Waals surface area contributed by atoms with Crippen molar-refractivity contribution < 1.29 is 38.6 Å². The van der Waals surface area contributed by atoms with Crippen molar-refractivity contribution in [1.82, 2.24) is 14.7 Å². The SMILES string of the molecule is CC(C)C(C#N)N1CCC[C@H]1C(=O)OCc1ccccc1.CC(C)C(C(N)=O)N1CCC[C@H]1C(=O)O.CC(C)C(C(N)=O)N1CCC[C@H]1C(=O)OCc1ccccc1.S.S.S.S.S.S. The predicted octanol–water partition coefficient (Wildman–Crippen LogP) is 5.17. The van der Waals surface area contributed by atoms with Gasteiger partial charge in [0.05, 0.1) is 18.2 Å². The number of carboxylic acid groups (broad SMARTS) is 1. The van der Waals surface area contributed by atoms with Gasteiger partial charge < -0.3 is 26.0 Å². The number of primary amides is 2. The van der Waals surface area contributed by atoms with Gasteiger partial charge in [-0.15, -0.1) is 0 Å². The Kier molecular flexibility index (Phi) is 36.6. The number of carboxylic acids is 1. The van der Waals surface area contributed by atoms with Gasteiger partial charge >= 0.3 is 17.9 Å². The van der Waals surface area contributed by atoms with E-state index in [4.69, 9.17) is 26.0 Å². The number of hydrogen-bond acceptors (Lipinski definition) is 11. The van der Waals surface area contributed by atoms with Crippen LogP contribution >= 0.6 is 81.0 Å². The normalized spacial score (nSPS) is 19.2. The van der Waals surface area contributed by atoms with E-state index in [0.717, 1.165) is 43.4 Å². The van der Waals surface area contributed by atoms with Gasteiger partial charge in [0.15, 0.2) is 0 Å². The molecule has 0 radical (unpaired) electrons. The summed E-state index contributed by atoms with van der Waals surface area (Å²) in [7, 11) is 0. The van der Waals surface area contributed by atoms with Crippen LogP contribution in [0.5, 0.6) is 0 Å². The van der Waals surface area contributed by atoms with Gasteiger partial charge in [-0.25, -0.2) is 0 Å². The average molecular weight is 1010 g/mol. The average Bonchev–Trinajstić information content (AvgIpc) is 3.97. The van der Waals surface area contributed by atoms with Gasteiger partial charge in [-0.1, -0.05) is 102 Å². The summed E-state index contributed by atoms with van der Waals surface area (Å²) >= 11 is 0. The molecule has 5 rings (SSSR count). The minimum atomic E-state index is -0.862. The Morgan fingerprint density at radius 3 is 1.23 bits per heavy atom. The van der Waals surface area contributed by atoms with E-state index < -0.39 is 30.0 Å². The number of ether oxygens (including phenoxy) is 2. The molecule has 3 unspecified atom stereocenters. The summed E-state index contributed by atoms with van der Waals surface area (Å²) in [6, 6.07) is 19.2. The zero-order valence-electron chi connectivity index (χ0n) is 38.0. The number of benzene rings is 2. The summed E-state index contributed by atoms with van der Waals surface area (Å²) in [6.07, 6.45) is 4.72. The van der Waals surface area contributed by atoms with Gasteiger partial charge in [0.1, 0.15) is 37.4 Å². The highest BCUT2D eigenvalue weighted by Gasteiger charge is 2.41. The zero-order valence-corrected chi connectivity index (χ0v) is 44.0. The molecule has 3 fully saturated rings. The molecule has 0 bridgehead atoms. The van der Waals surface area contributed by atoms with Crippen LogP contribution < -0.4 is 11.5 Å². The highest BCUT2D eigenvalue weighted by Crippen LogP contribution is 2.27. The van der Waals surface area contributed by atoms with Gasteiger partial charge in [-0.2, -0.15) is 86.2 Å². The standard InChI is InChI=1S/C17H24N2O3.C17H22N2O2.C10H18N2O3.6H2S/c1-12(2)15(16(18)20)19-10-6-9-14(19)17(21)22-11-13-7-4-3-5-8-13;1-13(2)16(11-18)19-10-6-9-15(19)17(20)21-12-14-7-4-3-5-8-14;1-6(2)8(9(11)13)12-5-3-4-7(12)10(14)15;;;;;;/h3-5,7-8,12,14-15H,6,9-11H2,1-2H3,(H2,18,20);3-5,7-8,13,15-16H,6,9-10,12H2,1-2H3;6-8H,3-5H2,1-2H3,(H2,11,13)(H,14,15);6*1H2/t14-,15?;15-,16?;7-,8?;;;;;;/m000....../s1. The molecule has 64 heavy (non-hydrogen) atoms. The van der Waals surface area contributed by atoms with Crippen molar-refractivity contribution in [3.05, 3.63) is 71.8 Å². The third-order valence-corrected chi connectivity index (χ3v) is 10.8. The lowest BCUT2D eigenvalue weighted by Gasteiger charge is -2.32. The van der Waals surface area contributed by atoms with E-state index in [1.807, 2.05) is 112 Å². The summed E-state index contributed by atoms with van der Waals surface area (Å²) in [5, 5.41) is 18.3. The van der Waals surface area contributed by atoms with Gasteiger partial charge in [0.2, 0.25) is 11.8 Å². The van der Waals surface area contributed by atoms with Crippen molar-refractivity contribution in [3.63, 3.8) is 0 Å². The molecule has 0 aromatic heterocycles. The van der Waals surface area contributed by atoms with Crippen LogP contribution in [-0.2, 0) is 46.7 Å². The quantitative estimate of drug-likeness (QED) is 0.198. The van der Waals surface area contributed by atoms with Crippen molar-refractivity contribution >= 4 is 111 Å². The van der Waals surface area contributed by atoms with Crippen LogP contribution in [0.2, 0.25) is 0 Å². The Hall–Kier alpha value is -2.74. The number of carbonyl (C=O) groups excluding carboxylic acids is 4. The van der Waals surface area contributed by atoms with Crippen LogP contribution in [0, 0.1) is 29.1 Å². The van der Waals surface area contributed by atoms with Crippen LogP contribution in [0.15, 0.2) is 60.7 Å². The number of nitriles is 1. The van der Waals surface area contributed by atoms with Crippen molar-refractivity contribution in [2.45, 2.75) is 130 Å². The first-order valence-corrected chi connectivity index (χ1v) is 20.5. The molecular formula is C44H76N6O8S6. The Labute approximate surface area is 422 Å². The number of nitrogens with two attached hydrogens (primary N) is 2. The second-order valence-corrected chi connectivity index (χ2v) is 16.2. The lowest BCUT2D eigenvalue weighted by Crippen LogP contribution is -2.52. The number of carbonyl (C=O) groups is 5. The number of rotatable bonds is 15. The Morgan fingerprint density at radius 1 is 0.594 bits per heavy atom. The Morgan fingerprint density at radius 2 is 0.922 bits per heavy atom. The highest BCUT2D eigenvalue weighted by molar-refractivity contribution is 7.60. The minimum Gasteiger partial charge on any atom is -0.480 e. The molecule has 3 heterocycles. The monoisotopic (exact) mass is 1010 g/mol. The molecule has 5 N–H and O–H groups in total. The van der Waals surface area contributed by atoms with Gasteiger partial charge in [0.25, 0.3) is 0 Å². The summed E-state index contributed by atoms with van der Waals surface area (Å²) in [4.78, 5) is 64.2. The van der Waals surface area contributed by atoms with Gasteiger partial charge in [-0.05, 0) is 80.5 Å². The van der Waals surface area contributed by atoms with Crippen molar-refractivity contribution in [2.24, 2.45) is 29.2 Å². The second kappa shape index (κ2) is 34.6. The van der Waals surface area contributed by atoms with Crippen LogP contribution in [0.4, 0.5) is 0 Å². The van der Waals surface area contributed by atoms with Crippen LogP contribution in [0.1, 0.15) is 91.2 Å². The molecular weight excluding hydrogens is 933 g/mol. The molecule has 3 aliphatic heterocycles. The maximum Gasteiger partial charge on any atom is 0.323 e. The first kappa shape index (κ1) is 67.8. The fraction of sp³-hybridized carbons (Fsp3) is 0.591. The summed E-state index contributed by atoms with van der Waals surface area (Å²) < 4.78 is 10.8. The van der Waals surface area contributed by atoms with E-state index in [1.165, 1.54) is 0 Å². The molecule has 0 aliphatic carbocycles. The largest absolute Gasteiger partial charge is 0.480 e. The predicted molar refractivity (Wildman–Crippen MR) is 281 cm³/mol. The number of esters is 2. The van der Waals surface area contributed by atoms with Crippen molar-refractivity contribution in [1.29, 1.82) is 5.26 Å². The van der Waals surface area contributed by atoms with E-state index >= 15 is 0 Å². The van der Waals surface area contributed by atoms with E-state index in [-0.39, 0.29) is 141 Å². The molecule has 14 nitrogen and oxygen atoms in total. The number of amides is 2. The van der Waals surface area contributed by atoms with Crippen molar-refractivity contribution in [3.8, 4) is 6.07 Å². The van der Waals surface area contributed by atoms with E-state index in [9.17, 15) is 29.2 Å². The number of hydrogen-bond donors (Lipinski definition) is 3. The summed E-state index contributed by atoms with van der Waals surface area (Å²) in [5.41, 5.74) is 12.8. The van der Waals surface area contributed by atoms with Crippen LogP contribution in [-0.4, -0.2) is 105 Å². The van der Waals surface area contributed by atoms with E-state index in [0.29, 0.717) is 32.5 Å². The highest BCUT2D eigenvalue weighted by atomic mass is 32.1. The topological polar surface area (TPSA) is 210 Å². The fourth-order valence-electron chi connectivity index (χ4n) is 8.14. The fourth-order valence-corrected chi connectivity index (χ4v) is 8.14. The minimum absolute atomic E-state index is 0.